The summed E-state index contributed by atoms with van der Waals surface area (Å²) in [5, 5.41) is 7.69. The molecule has 3 aromatic carbocycles. The Labute approximate surface area is 200 Å². The first-order chi connectivity index (χ1) is 17.2. The summed E-state index contributed by atoms with van der Waals surface area (Å²) < 4.78 is 6.05. The maximum Gasteiger partial charge on any atom is 0.227 e. The standard InChI is InChI=1S/C28H18N6O/c1-29-20-5-7-24-23(16-20)25(11-14-31-24)33-21-4-2-3-18(15-21)28-34-26-17-22(6-8-27(26)35-28)32-19-9-12-30-13-10-19/h2-17H,(H,30,32)(H,31,33). The number of oxazole rings is 1. The van der Waals surface area contributed by atoms with Crippen molar-refractivity contribution in [3.8, 4) is 11.5 Å². The van der Waals surface area contributed by atoms with Gasteiger partial charge < -0.3 is 15.1 Å². The van der Waals surface area contributed by atoms with Crippen LogP contribution in [0.3, 0.4) is 0 Å². The largest absolute Gasteiger partial charge is 0.436 e. The van der Waals surface area contributed by atoms with Crippen molar-refractivity contribution >= 4 is 50.4 Å². The molecule has 0 saturated heterocycles. The van der Waals surface area contributed by atoms with Gasteiger partial charge in [0.05, 0.1) is 12.1 Å². The predicted molar refractivity (Wildman–Crippen MR) is 138 cm³/mol. The van der Waals surface area contributed by atoms with E-state index in [1.807, 2.05) is 72.8 Å². The Morgan fingerprint density at radius 3 is 2.51 bits per heavy atom. The van der Waals surface area contributed by atoms with Crippen LogP contribution in [0, 0.1) is 6.57 Å². The zero-order valence-corrected chi connectivity index (χ0v) is 18.4. The van der Waals surface area contributed by atoms with Gasteiger partial charge in [-0.2, -0.15) is 0 Å². The summed E-state index contributed by atoms with van der Waals surface area (Å²) in [6.45, 7) is 7.31. The summed E-state index contributed by atoms with van der Waals surface area (Å²) in [4.78, 5) is 16.7. The fourth-order valence-corrected chi connectivity index (χ4v) is 3.93. The topological polar surface area (TPSA) is 80.2 Å². The number of benzene rings is 3. The van der Waals surface area contributed by atoms with Gasteiger partial charge in [-0.15, -0.1) is 0 Å². The highest BCUT2D eigenvalue weighted by Gasteiger charge is 2.11. The number of pyridine rings is 2. The lowest BCUT2D eigenvalue weighted by atomic mass is 10.1. The van der Waals surface area contributed by atoms with Gasteiger partial charge in [-0.25, -0.2) is 9.83 Å². The molecule has 6 rings (SSSR count). The molecule has 0 amide bonds. The summed E-state index contributed by atoms with van der Waals surface area (Å²) in [6, 6.07) is 24.9. The van der Waals surface area contributed by atoms with Crippen molar-refractivity contribution in [1.29, 1.82) is 0 Å². The van der Waals surface area contributed by atoms with Crippen LogP contribution in [-0.2, 0) is 0 Å². The van der Waals surface area contributed by atoms with Crippen LogP contribution in [0.1, 0.15) is 0 Å². The van der Waals surface area contributed by atoms with E-state index in [0.717, 1.165) is 44.7 Å². The van der Waals surface area contributed by atoms with E-state index in [-0.39, 0.29) is 0 Å². The summed E-state index contributed by atoms with van der Waals surface area (Å²) in [5.74, 6) is 0.541. The summed E-state index contributed by atoms with van der Waals surface area (Å²) in [5.41, 5.74) is 7.37. The SMILES string of the molecule is [C-]#[N+]c1ccc2nccc(Nc3cccc(-c4nc5cc(Nc6ccncc6)ccc5o4)c3)c2c1. The van der Waals surface area contributed by atoms with Gasteiger partial charge in [-0.3, -0.25) is 9.97 Å². The average Bonchev–Trinajstić information content (AvgIpc) is 3.33. The lowest BCUT2D eigenvalue weighted by Gasteiger charge is -2.10. The highest BCUT2D eigenvalue weighted by molar-refractivity contribution is 5.95. The lowest BCUT2D eigenvalue weighted by Crippen LogP contribution is -1.93. The molecule has 0 saturated carbocycles. The normalized spacial score (nSPS) is 10.8. The van der Waals surface area contributed by atoms with E-state index in [4.69, 9.17) is 16.0 Å². The number of nitrogens with zero attached hydrogens (tertiary/aromatic N) is 4. The molecule has 6 aromatic rings. The lowest BCUT2D eigenvalue weighted by molar-refractivity contribution is 0.620. The minimum absolute atomic E-state index is 0.541. The van der Waals surface area contributed by atoms with Crippen LogP contribution in [0.15, 0.2) is 102 Å². The Bertz CT molecular complexity index is 1720. The van der Waals surface area contributed by atoms with E-state index in [1.165, 1.54) is 0 Å². The molecular formula is C28H18N6O. The predicted octanol–water partition coefficient (Wildman–Crippen LogP) is 7.48. The van der Waals surface area contributed by atoms with Crippen LogP contribution in [0.4, 0.5) is 28.4 Å². The molecule has 35 heavy (non-hydrogen) atoms. The smallest absolute Gasteiger partial charge is 0.227 e. The van der Waals surface area contributed by atoms with Crippen LogP contribution in [0.25, 0.3) is 38.3 Å². The summed E-state index contributed by atoms with van der Waals surface area (Å²) >= 11 is 0. The minimum atomic E-state index is 0.541. The average molecular weight is 454 g/mol. The van der Waals surface area contributed by atoms with Crippen molar-refractivity contribution in [2.45, 2.75) is 0 Å². The third-order valence-corrected chi connectivity index (χ3v) is 5.60. The van der Waals surface area contributed by atoms with Gasteiger partial charge in [0, 0.05) is 52.3 Å². The van der Waals surface area contributed by atoms with E-state index >= 15 is 0 Å². The van der Waals surface area contributed by atoms with Gasteiger partial charge in [0.15, 0.2) is 11.3 Å². The van der Waals surface area contributed by atoms with Crippen molar-refractivity contribution in [3.05, 3.63) is 109 Å². The van der Waals surface area contributed by atoms with Gasteiger partial charge in [0.2, 0.25) is 5.89 Å². The van der Waals surface area contributed by atoms with Crippen molar-refractivity contribution in [1.82, 2.24) is 15.0 Å². The third-order valence-electron chi connectivity index (χ3n) is 5.60. The molecule has 0 aliphatic rings. The Balaban J connectivity index is 1.30. The Morgan fingerprint density at radius 1 is 0.743 bits per heavy atom. The Hall–Kier alpha value is -5.22. The van der Waals surface area contributed by atoms with Gasteiger partial charge in [0.1, 0.15) is 5.52 Å². The van der Waals surface area contributed by atoms with Gasteiger partial charge in [-0.05, 0) is 66.7 Å². The molecule has 3 aromatic heterocycles. The van der Waals surface area contributed by atoms with Gasteiger partial charge >= 0.3 is 0 Å². The quantitative estimate of drug-likeness (QED) is 0.263. The zero-order valence-electron chi connectivity index (χ0n) is 18.4. The number of fused-ring (bicyclic) bond motifs is 2. The molecule has 166 valence electrons. The molecule has 0 aliphatic carbocycles. The molecule has 0 bridgehead atoms. The molecule has 2 N–H and O–H groups in total. The Kier molecular flexibility index (Phi) is 5.02. The molecule has 3 heterocycles. The molecule has 0 radical (unpaired) electrons. The first kappa shape index (κ1) is 20.4. The fourth-order valence-electron chi connectivity index (χ4n) is 3.93. The van der Waals surface area contributed by atoms with Crippen molar-refractivity contribution in [2.24, 2.45) is 0 Å². The van der Waals surface area contributed by atoms with Crippen LogP contribution in [0.2, 0.25) is 0 Å². The fraction of sp³-hybridized carbons (Fsp3) is 0. The van der Waals surface area contributed by atoms with Gasteiger partial charge in [-0.1, -0.05) is 12.1 Å². The molecule has 7 heteroatoms. The maximum atomic E-state index is 7.31. The molecular weight excluding hydrogens is 436 g/mol. The molecule has 0 spiro atoms. The van der Waals surface area contributed by atoms with Crippen LogP contribution < -0.4 is 10.6 Å². The molecule has 0 unspecified atom stereocenters. The first-order valence-corrected chi connectivity index (χ1v) is 11.0. The number of aromatic nitrogens is 3. The Morgan fingerprint density at radius 2 is 1.63 bits per heavy atom. The van der Waals surface area contributed by atoms with Crippen LogP contribution in [-0.4, -0.2) is 15.0 Å². The zero-order chi connectivity index (χ0) is 23.6. The molecule has 0 fully saturated rings. The summed E-state index contributed by atoms with van der Waals surface area (Å²) in [7, 11) is 0. The number of anilines is 4. The highest BCUT2D eigenvalue weighted by Crippen LogP contribution is 2.32. The number of hydrogen-bond acceptors (Lipinski definition) is 6. The molecule has 0 atom stereocenters. The number of hydrogen-bond donors (Lipinski definition) is 2. The van der Waals surface area contributed by atoms with Crippen molar-refractivity contribution in [3.63, 3.8) is 0 Å². The number of nitrogens with one attached hydrogen (secondary N) is 2. The molecule has 7 nitrogen and oxygen atoms in total. The monoisotopic (exact) mass is 454 g/mol. The first-order valence-electron chi connectivity index (χ1n) is 11.0. The van der Waals surface area contributed by atoms with Gasteiger partial charge in [0.25, 0.3) is 0 Å². The van der Waals surface area contributed by atoms with E-state index in [2.05, 4.69) is 25.4 Å². The van der Waals surface area contributed by atoms with E-state index in [1.54, 1.807) is 24.7 Å². The van der Waals surface area contributed by atoms with E-state index in [9.17, 15) is 0 Å². The second-order valence-corrected chi connectivity index (χ2v) is 7.94. The second kappa shape index (κ2) is 8.61. The van der Waals surface area contributed by atoms with Crippen LogP contribution in [0.5, 0.6) is 0 Å². The van der Waals surface area contributed by atoms with Crippen LogP contribution >= 0.6 is 0 Å². The molecule has 0 aliphatic heterocycles. The van der Waals surface area contributed by atoms with E-state index < -0.39 is 0 Å². The van der Waals surface area contributed by atoms with Crippen molar-refractivity contribution < 1.29 is 4.42 Å². The second-order valence-electron chi connectivity index (χ2n) is 7.94. The number of rotatable bonds is 5. The third kappa shape index (κ3) is 4.12. The summed E-state index contributed by atoms with van der Waals surface area (Å²) in [6.07, 6.45) is 5.24. The van der Waals surface area contributed by atoms with Crippen molar-refractivity contribution in [2.75, 3.05) is 10.6 Å². The minimum Gasteiger partial charge on any atom is -0.436 e. The van der Waals surface area contributed by atoms with E-state index in [0.29, 0.717) is 17.2 Å². The maximum absolute atomic E-state index is 7.31. The highest BCUT2D eigenvalue weighted by atomic mass is 16.3.